The first-order valence-electron chi connectivity index (χ1n) is 6.18. The second-order valence-electron chi connectivity index (χ2n) is 4.41. The Balaban J connectivity index is 2.07. The van der Waals surface area contributed by atoms with Crippen molar-refractivity contribution in [1.82, 2.24) is 4.90 Å². The molecule has 19 heavy (non-hydrogen) atoms. The summed E-state index contributed by atoms with van der Waals surface area (Å²) in [6.45, 7) is 2.31. The van der Waals surface area contributed by atoms with Gasteiger partial charge in [0.1, 0.15) is 11.6 Å². The topological polar surface area (TPSA) is 33.5 Å². The molecule has 0 aliphatic carbocycles. The van der Waals surface area contributed by atoms with Crippen molar-refractivity contribution in [3.8, 4) is 0 Å². The number of carbonyl (C=O) groups excluding carboxylic acids is 1. The summed E-state index contributed by atoms with van der Waals surface area (Å²) in [6, 6.07) is 9.68. The van der Waals surface area contributed by atoms with Gasteiger partial charge in [0.15, 0.2) is 5.76 Å². The molecule has 0 spiro atoms. The van der Waals surface area contributed by atoms with Gasteiger partial charge in [-0.05, 0) is 29.8 Å². The number of carbonyl (C=O) groups is 1. The molecule has 1 aromatic carbocycles. The number of rotatable bonds is 4. The Labute approximate surface area is 111 Å². The summed E-state index contributed by atoms with van der Waals surface area (Å²) < 4.78 is 18.5. The highest BCUT2D eigenvalue weighted by molar-refractivity contribution is 5.91. The molecule has 0 aliphatic heterocycles. The predicted molar refractivity (Wildman–Crippen MR) is 70.3 cm³/mol. The van der Waals surface area contributed by atoms with Crippen LogP contribution < -0.4 is 0 Å². The Morgan fingerprint density at radius 3 is 2.74 bits per heavy atom. The lowest BCUT2D eigenvalue weighted by atomic mass is 10.2. The fourth-order valence-electron chi connectivity index (χ4n) is 1.85. The number of furan rings is 1. The Morgan fingerprint density at radius 2 is 2.11 bits per heavy atom. The van der Waals surface area contributed by atoms with Crippen molar-refractivity contribution in [2.45, 2.75) is 19.9 Å². The molecule has 0 fully saturated rings. The van der Waals surface area contributed by atoms with E-state index < -0.39 is 0 Å². The van der Waals surface area contributed by atoms with Crippen molar-refractivity contribution >= 4 is 5.91 Å². The van der Waals surface area contributed by atoms with Crippen LogP contribution in [0.4, 0.5) is 4.39 Å². The highest BCUT2D eigenvalue weighted by Gasteiger charge is 2.16. The van der Waals surface area contributed by atoms with Crippen LogP contribution in [0, 0.1) is 5.82 Å². The minimum atomic E-state index is -0.301. The molecule has 1 aromatic heterocycles. The summed E-state index contributed by atoms with van der Waals surface area (Å²) in [4.78, 5) is 13.6. The molecule has 0 saturated carbocycles. The molecular weight excluding hydrogens is 245 g/mol. The van der Waals surface area contributed by atoms with Crippen LogP contribution in [0.1, 0.15) is 28.8 Å². The second kappa shape index (κ2) is 5.69. The SMILES string of the molecule is CCc1ccc(C(=O)N(C)Cc2cccc(F)c2)o1. The fraction of sp³-hybridized carbons (Fsp3) is 0.267. The van der Waals surface area contributed by atoms with E-state index in [-0.39, 0.29) is 11.7 Å². The maximum atomic E-state index is 13.1. The van der Waals surface area contributed by atoms with Crippen LogP contribution in [-0.4, -0.2) is 17.9 Å². The summed E-state index contributed by atoms with van der Waals surface area (Å²) in [7, 11) is 1.67. The standard InChI is InChI=1S/C15H16FNO2/c1-3-13-7-8-14(19-13)15(18)17(2)10-11-5-4-6-12(16)9-11/h4-9H,3,10H2,1-2H3. The lowest BCUT2D eigenvalue weighted by molar-refractivity contribution is 0.0751. The first-order valence-corrected chi connectivity index (χ1v) is 6.18. The quantitative estimate of drug-likeness (QED) is 0.846. The molecule has 0 saturated heterocycles. The van der Waals surface area contributed by atoms with Crippen molar-refractivity contribution < 1.29 is 13.6 Å². The first-order chi connectivity index (χ1) is 9.10. The highest BCUT2D eigenvalue weighted by atomic mass is 19.1. The molecule has 0 unspecified atom stereocenters. The molecule has 0 N–H and O–H groups in total. The Morgan fingerprint density at radius 1 is 1.32 bits per heavy atom. The van der Waals surface area contributed by atoms with E-state index in [9.17, 15) is 9.18 Å². The largest absolute Gasteiger partial charge is 0.456 e. The number of hydrogen-bond donors (Lipinski definition) is 0. The van der Waals surface area contributed by atoms with Gasteiger partial charge in [0.05, 0.1) is 0 Å². The van der Waals surface area contributed by atoms with E-state index in [0.717, 1.165) is 17.7 Å². The van der Waals surface area contributed by atoms with Crippen LogP contribution in [0.3, 0.4) is 0 Å². The summed E-state index contributed by atoms with van der Waals surface area (Å²) in [5.74, 6) is 0.590. The number of benzene rings is 1. The van der Waals surface area contributed by atoms with Gasteiger partial charge in [-0.25, -0.2) is 4.39 Å². The molecule has 1 amide bonds. The summed E-state index contributed by atoms with van der Waals surface area (Å²) >= 11 is 0. The lowest BCUT2D eigenvalue weighted by Gasteiger charge is -2.15. The van der Waals surface area contributed by atoms with Crippen molar-refractivity contribution in [3.05, 3.63) is 59.3 Å². The third-order valence-corrected chi connectivity index (χ3v) is 2.88. The maximum Gasteiger partial charge on any atom is 0.289 e. The number of amides is 1. The zero-order valence-corrected chi connectivity index (χ0v) is 11.0. The third-order valence-electron chi connectivity index (χ3n) is 2.88. The Kier molecular flexibility index (Phi) is 4.00. The van der Waals surface area contributed by atoms with Gasteiger partial charge in [-0.3, -0.25) is 4.79 Å². The highest BCUT2D eigenvalue weighted by Crippen LogP contribution is 2.13. The van der Waals surface area contributed by atoms with E-state index in [0.29, 0.717) is 12.3 Å². The molecule has 2 rings (SSSR count). The van der Waals surface area contributed by atoms with Gasteiger partial charge in [0, 0.05) is 20.0 Å². The predicted octanol–water partition coefficient (Wildman–Crippen LogP) is 3.25. The van der Waals surface area contributed by atoms with Gasteiger partial charge in [-0.1, -0.05) is 19.1 Å². The molecule has 100 valence electrons. The third kappa shape index (κ3) is 3.22. The Bertz CT molecular complexity index is 577. The van der Waals surface area contributed by atoms with E-state index in [1.165, 1.54) is 17.0 Å². The van der Waals surface area contributed by atoms with Gasteiger partial charge in [-0.2, -0.15) is 0 Å². The Hall–Kier alpha value is -2.10. The van der Waals surface area contributed by atoms with Gasteiger partial charge in [0.2, 0.25) is 0 Å². The number of hydrogen-bond acceptors (Lipinski definition) is 2. The average Bonchev–Trinajstić information content (AvgIpc) is 2.86. The van der Waals surface area contributed by atoms with E-state index in [2.05, 4.69) is 0 Å². The minimum Gasteiger partial charge on any atom is -0.456 e. The van der Waals surface area contributed by atoms with Crippen molar-refractivity contribution in [3.63, 3.8) is 0 Å². The van der Waals surface area contributed by atoms with Gasteiger partial charge in [0.25, 0.3) is 5.91 Å². The molecule has 0 radical (unpaired) electrons. The fourth-order valence-corrected chi connectivity index (χ4v) is 1.85. The van der Waals surface area contributed by atoms with Crippen molar-refractivity contribution in [1.29, 1.82) is 0 Å². The van der Waals surface area contributed by atoms with Crippen LogP contribution in [-0.2, 0) is 13.0 Å². The van der Waals surface area contributed by atoms with Gasteiger partial charge < -0.3 is 9.32 Å². The van der Waals surface area contributed by atoms with Crippen LogP contribution >= 0.6 is 0 Å². The number of nitrogens with zero attached hydrogens (tertiary/aromatic N) is 1. The summed E-state index contributed by atoms with van der Waals surface area (Å²) in [5.41, 5.74) is 0.748. The normalized spacial score (nSPS) is 10.5. The van der Waals surface area contributed by atoms with Gasteiger partial charge >= 0.3 is 0 Å². The van der Waals surface area contributed by atoms with Crippen molar-refractivity contribution in [2.24, 2.45) is 0 Å². The molecule has 4 heteroatoms. The van der Waals surface area contributed by atoms with Crippen molar-refractivity contribution in [2.75, 3.05) is 7.05 Å². The summed E-state index contributed by atoms with van der Waals surface area (Å²) in [5, 5.41) is 0. The van der Waals surface area contributed by atoms with E-state index in [1.54, 1.807) is 31.3 Å². The van der Waals surface area contributed by atoms with E-state index >= 15 is 0 Å². The van der Waals surface area contributed by atoms with E-state index in [4.69, 9.17) is 4.42 Å². The molecule has 0 bridgehead atoms. The molecule has 0 atom stereocenters. The first kappa shape index (κ1) is 13.3. The zero-order valence-electron chi connectivity index (χ0n) is 11.0. The minimum absolute atomic E-state index is 0.205. The van der Waals surface area contributed by atoms with Gasteiger partial charge in [-0.15, -0.1) is 0 Å². The van der Waals surface area contributed by atoms with E-state index in [1.807, 2.05) is 6.92 Å². The number of halogens is 1. The molecular formula is C15H16FNO2. The molecule has 2 aromatic rings. The number of aryl methyl sites for hydroxylation is 1. The maximum absolute atomic E-state index is 13.1. The second-order valence-corrected chi connectivity index (χ2v) is 4.41. The zero-order chi connectivity index (χ0) is 13.8. The monoisotopic (exact) mass is 261 g/mol. The van der Waals surface area contributed by atoms with Crippen LogP contribution in [0.25, 0.3) is 0 Å². The molecule has 1 heterocycles. The smallest absolute Gasteiger partial charge is 0.289 e. The summed E-state index contributed by atoms with van der Waals surface area (Å²) in [6.07, 6.45) is 0.751. The van der Waals surface area contributed by atoms with Crippen LogP contribution in [0.15, 0.2) is 40.8 Å². The lowest BCUT2D eigenvalue weighted by Crippen LogP contribution is -2.25. The van der Waals surface area contributed by atoms with Crippen LogP contribution in [0.2, 0.25) is 0 Å². The van der Waals surface area contributed by atoms with Crippen LogP contribution in [0.5, 0.6) is 0 Å². The average molecular weight is 261 g/mol. The molecule has 0 aliphatic rings. The molecule has 3 nitrogen and oxygen atoms in total.